The molecule has 0 spiro atoms. The van der Waals surface area contributed by atoms with Gasteiger partial charge in [0.15, 0.2) is 0 Å². The molecule has 20 heavy (non-hydrogen) atoms. The lowest BCUT2D eigenvalue weighted by Crippen LogP contribution is -2.22. The van der Waals surface area contributed by atoms with Crippen molar-refractivity contribution in [3.8, 4) is 5.75 Å². The molecular weight excluding hydrogens is 270 g/mol. The van der Waals surface area contributed by atoms with Crippen molar-refractivity contribution in [3.05, 3.63) is 64.7 Å². The highest BCUT2D eigenvalue weighted by Crippen LogP contribution is 2.22. The molecule has 0 aliphatic carbocycles. The summed E-state index contributed by atoms with van der Waals surface area (Å²) < 4.78 is 5.18. The molecule has 0 aliphatic rings. The number of ether oxygens (including phenoxy) is 1. The van der Waals surface area contributed by atoms with Gasteiger partial charge in [-0.2, -0.15) is 0 Å². The fraction of sp³-hybridized carbons (Fsp3) is 0.294. The second-order valence-corrected chi connectivity index (χ2v) is 5.37. The fourth-order valence-corrected chi connectivity index (χ4v) is 2.34. The van der Waals surface area contributed by atoms with Crippen molar-refractivity contribution in [1.82, 2.24) is 5.32 Å². The number of rotatable bonds is 5. The summed E-state index contributed by atoms with van der Waals surface area (Å²) in [7, 11) is 1.68. The van der Waals surface area contributed by atoms with Gasteiger partial charge in [-0.3, -0.25) is 0 Å². The topological polar surface area (TPSA) is 21.3 Å². The first-order chi connectivity index (χ1) is 9.60. The van der Waals surface area contributed by atoms with E-state index in [-0.39, 0.29) is 12.1 Å². The molecule has 0 fully saturated rings. The van der Waals surface area contributed by atoms with Crippen LogP contribution in [-0.2, 0) is 0 Å². The first kappa shape index (κ1) is 14.9. The zero-order valence-electron chi connectivity index (χ0n) is 12.1. The molecule has 2 rings (SSSR count). The minimum absolute atomic E-state index is 0.268. The molecule has 0 bridgehead atoms. The van der Waals surface area contributed by atoms with E-state index in [0.29, 0.717) is 0 Å². The Balaban J connectivity index is 2.02. The van der Waals surface area contributed by atoms with Gasteiger partial charge in [0.25, 0.3) is 0 Å². The van der Waals surface area contributed by atoms with Crippen LogP contribution in [0.5, 0.6) is 5.75 Å². The Hall–Kier alpha value is -1.51. The van der Waals surface area contributed by atoms with Gasteiger partial charge in [-0.05, 0) is 49.2 Å². The first-order valence-corrected chi connectivity index (χ1v) is 7.13. The van der Waals surface area contributed by atoms with Crippen LogP contribution in [0.1, 0.15) is 37.1 Å². The molecule has 0 heterocycles. The van der Waals surface area contributed by atoms with Crippen LogP contribution in [0, 0.1) is 0 Å². The van der Waals surface area contributed by atoms with Crippen LogP contribution < -0.4 is 10.1 Å². The van der Waals surface area contributed by atoms with Gasteiger partial charge < -0.3 is 10.1 Å². The van der Waals surface area contributed by atoms with Gasteiger partial charge in [-0.25, -0.2) is 0 Å². The Morgan fingerprint density at radius 3 is 1.75 bits per heavy atom. The predicted octanol–water partition coefficient (Wildman–Crippen LogP) is 4.76. The number of methoxy groups -OCH3 is 1. The third kappa shape index (κ3) is 3.75. The average molecular weight is 290 g/mol. The van der Waals surface area contributed by atoms with Gasteiger partial charge in [-0.15, -0.1) is 0 Å². The summed E-state index contributed by atoms with van der Waals surface area (Å²) in [5.74, 6) is 0.881. The van der Waals surface area contributed by atoms with Crippen molar-refractivity contribution in [3.63, 3.8) is 0 Å². The van der Waals surface area contributed by atoms with Crippen LogP contribution in [0.25, 0.3) is 0 Å². The molecule has 0 amide bonds. The second-order valence-electron chi connectivity index (χ2n) is 4.93. The SMILES string of the molecule is COc1ccc(C(C)N[C@H](C)c2ccc(Cl)cc2)cc1. The third-order valence-corrected chi connectivity index (χ3v) is 3.74. The molecule has 0 radical (unpaired) electrons. The molecular formula is C17H20ClNO. The van der Waals surface area contributed by atoms with Crippen LogP contribution in [0.3, 0.4) is 0 Å². The number of hydrogen-bond acceptors (Lipinski definition) is 2. The Morgan fingerprint density at radius 2 is 1.30 bits per heavy atom. The van der Waals surface area contributed by atoms with E-state index >= 15 is 0 Å². The van der Waals surface area contributed by atoms with Gasteiger partial charge in [0.2, 0.25) is 0 Å². The zero-order valence-corrected chi connectivity index (χ0v) is 12.8. The number of benzene rings is 2. The summed E-state index contributed by atoms with van der Waals surface area (Å²) >= 11 is 5.91. The van der Waals surface area contributed by atoms with Gasteiger partial charge in [0.05, 0.1) is 7.11 Å². The van der Waals surface area contributed by atoms with Crippen LogP contribution in [-0.4, -0.2) is 7.11 Å². The van der Waals surface area contributed by atoms with Crippen LogP contribution in [0.2, 0.25) is 5.02 Å². The van der Waals surface area contributed by atoms with Crippen LogP contribution in [0.15, 0.2) is 48.5 Å². The van der Waals surface area contributed by atoms with E-state index < -0.39 is 0 Å². The normalized spacial score (nSPS) is 13.8. The lowest BCUT2D eigenvalue weighted by Gasteiger charge is -2.21. The highest BCUT2D eigenvalue weighted by Gasteiger charge is 2.11. The maximum absolute atomic E-state index is 5.91. The molecule has 2 aromatic carbocycles. The van der Waals surface area contributed by atoms with E-state index in [0.717, 1.165) is 10.8 Å². The Bertz CT molecular complexity index is 536. The van der Waals surface area contributed by atoms with Crippen molar-refractivity contribution < 1.29 is 4.74 Å². The molecule has 2 aromatic rings. The summed E-state index contributed by atoms with van der Waals surface area (Å²) in [6, 6.07) is 16.6. The van der Waals surface area contributed by atoms with Gasteiger partial charge >= 0.3 is 0 Å². The van der Waals surface area contributed by atoms with Gasteiger partial charge in [0.1, 0.15) is 5.75 Å². The predicted molar refractivity (Wildman–Crippen MR) is 84.4 cm³/mol. The van der Waals surface area contributed by atoms with E-state index in [9.17, 15) is 0 Å². The molecule has 0 aromatic heterocycles. The van der Waals surface area contributed by atoms with E-state index in [1.165, 1.54) is 11.1 Å². The Kier molecular flexibility index (Phi) is 5.05. The minimum atomic E-state index is 0.268. The molecule has 0 saturated heterocycles. The Labute approximate surface area is 125 Å². The van der Waals surface area contributed by atoms with Crippen molar-refractivity contribution in [1.29, 1.82) is 0 Å². The van der Waals surface area contributed by atoms with E-state index in [1.54, 1.807) is 7.11 Å². The quantitative estimate of drug-likeness (QED) is 0.857. The monoisotopic (exact) mass is 289 g/mol. The smallest absolute Gasteiger partial charge is 0.118 e. The van der Waals surface area contributed by atoms with Crippen LogP contribution >= 0.6 is 11.6 Å². The van der Waals surface area contributed by atoms with E-state index in [1.807, 2.05) is 24.3 Å². The van der Waals surface area contributed by atoms with E-state index in [2.05, 4.69) is 43.4 Å². The average Bonchev–Trinajstić information content (AvgIpc) is 2.48. The molecule has 1 unspecified atom stereocenters. The lowest BCUT2D eigenvalue weighted by atomic mass is 10.0. The second kappa shape index (κ2) is 6.78. The van der Waals surface area contributed by atoms with Crippen molar-refractivity contribution in [2.75, 3.05) is 7.11 Å². The highest BCUT2D eigenvalue weighted by molar-refractivity contribution is 6.30. The number of hydrogen-bond donors (Lipinski definition) is 1. The highest BCUT2D eigenvalue weighted by atomic mass is 35.5. The molecule has 2 nitrogen and oxygen atoms in total. The number of nitrogens with one attached hydrogen (secondary N) is 1. The summed E-state index contributed by atoms with van der Waals surface area (Å²) in [5, 5.41) is 4.35. The van der Waals surface area contributed by atoms with Gasteiger partial charge in [-0.1, -0.05) is 35.9 Å². The summed E-state index contributed by atoms with van der Waals surface area (Å²) in [4.78, 5) is 0. The third-order valence-electron chi connectivity index (χ3n) is 3.49. The molecule has 3 heteroatoms. The molecule has 0 saturated carbocycles. The largest absolute Gasteiger partial charge is 0.497 e. The molecule has 1 N–H and O–H groups in total. The van der Waals surface area contributed by atoms with Crippen molar-refractivity contribution >= 4 is 11.6 Å². The van der Waals surface area contributed by atoms with Gasteiger partial charge in [0, 0.05) is 17.1 Å². The number of halogens is 1. The Morgan fingerprint density at radius 1 is 0.850 bits per heavy atom. The first-order valence-electron chi connectivity index (χ1n) is 6.75. The van der Waals surface area contributed by atoms with Crippen molar-refractivity contribution in [2.45, 2.75) is 25.9 Å². The summed E-state index contributed by atoms with van der Waals surface area (Å²) in [5.41, 5.74) is 2.47. The standard InChI is InChI=1S/C17H20ClNO/c1-12(14-4-8-16(18)9-5-14)19-13(2)15-6-10-17(20-3)11-7-15/h4-13,19H,1-3H3/t12-,13?/m1/s1. The summed E-state index contributed by atoms with van der Waals surface area (Å²) in [6.07, 6.45) is 0. The van der Waals surface area contributed by atoms with Crippen LogP contribution in [0.4, 0.5) is 0 Å². The molecule has 2 atom stereocenters. The maximum Gasteiger partial charge on any atom is 0.118 e. The van der Waals surface area contributed by atoms with Crippen molar-refractivity contribution in [2.24, 2.45) is 0 Å². The fourth-order valence-electron chi connectivity index (χ4n) is 2.21. The summed E-state index contributed by atoms with van der Waals surface area (Å²) in [6.45, 7) is 4.32. The molecule has 0 aliphatic heterocycles. The van der Waals surface area contributed by atoms with E-state index in [4.69, 9.17) is 16.3 Å². The minimum Gasteiger partial charge on any atom is -0.497 e. The zero-order chi connectivity index (χ0) is 14.5. The molecule has 106 valence electrons. The lowest BCUT2D eigenvalue weighted by molar-refractivity contribution is 0.414. The maximum atomic E-state index is 5.91.